The van der Waals surface area contributed by atoms with E-state index in [1.54, 1.807) is 0 Å². The Labute approximate surface area is 143 Å². The van der Waals surface area contributed by atoms with E-state index in [4.69, 9.17) is 0 Å². The van der Waals surface area contributed by atoms with Crippen molar-refractivity contribution in [2.45, 2.75) is 13.0 Å². The number of quaternary nitrogens is 2. The normalized spacial score (nSPS) is 22.1. The van der Waals surface area contributed by atoms with Gasteiger partial charge in [0, 0.05) is 7.05 Å². The van der Waals surface area contributed by atoms with E-state index in [-0.39, 0.29) is 11.9 Å². The lowest BCUT2D eigenvalue weighted by atomic mass is 10.2. The van der Waals surface area contributed by atoms with Crippen molar-refractivity contribution in [3.8, 4) is 0 Å². The van der Waals surface area contributed by atoms with Gasteiger partial charge >= 0.3 is 6.03 Å². The van der Waals surface area contributed by atoms with Crippen molar-refractivity contribution >= 4 is 18.0 Å². The molecule has 1 aliphatic rings. The molecule has 1 atom stereocenters. The lowest BCUT2D eigenvalue weighted by Crippen LogP contribution is -3.30. The van der Waals surface area contributed by atoms with Crippen LogP contribution in [0.3, 0.4) is 0 Å². The van der Waals surface area contributed by atoms with Gasteiger partial charge in [0.1, 0.15) is 26.2 Å². The minimum absolute atomic E-state index is 0.205. The van der Waals surface area contributed by atoms with Crippen LogP contribution < -0.4 is 20.4 Å². The third kappa shape index (κ3) is 5.47. The van der Waals surface area contributed by atoms with E-state index >= 15 is 0 Å². The number of imide groups is 1. The highest BCUT2D eigenvalue weighted by Crippen LogP contribution is 1.99. The van der Waals surface area contributed by atoms with E-state index in [0.717, 1.165) is 32.7 Å². The van der Waals surface area contributed by atoms with E-state index in [9.17, 15) is 9.59 Å². The lowest BCUT2D eigenvalue weighted by Gasteiger charge is -2.32. The molecule has 4 N–H and O–H groups in total. The molecule has 130 valence electrons. The number of hydrogen-bond donors (Lipinski definition) is 4. The SMILES string of the molecule is CNC(=O)NC(=O)[C@H](C)[NH+]1CC[NH+](C/C=C/c2ccccc2)CC1. The summed E-state index contributed by atoms with van der Waals surface area (Å²) in [6.45, 7) is 6.83. The van der Waals surface area contributed by atoms with Crippen LogP contribution >= 0.6 is 0 Å². The Bertz CT molecular complexity index is 566. The van der Waals surface area contributed by atoms with E-state index in [2.05, 4.69) is 34.9 Å². The number of benzene rings is 1. The Morgan fingerprint density at radius 1 is 1.17 bits per heavy atom. The van der Waals surface area contributed by atoms with Gasteiger partial charge in [-0.3, -0.25) is 10.1 Å². The van der Waals surface area contributed by atoms with Gasteiger partial charge < -0.3 is 15.1 Å². The first kappa shape index (κ1) is 18.2. The van der Waals surface area contributed by atoms with Gasteiger partial charge in [-0.2, -0.15) is 0 Å². The smallest absolute Gasteiger partial charge is 0.321 e. The molecule has 0 aromatic heterocycles. The van der Waals surface area contributed by atoms with Crippen LogP contribution in [0, 0.1) is 0 Å². The van der Waals surface area contributed by atoms with E-state index in [1.165, 1.54) is 22.4 Å². The van der Waals surface area contributed by atoms with Crippen molar-refractivity contribution in [1.29, 1.82) is 0 Å². The predicted octanol–water partition coefficient (Wildman–Crippen LogP) is -1.67. The fourth-order valence-corrected chi connectivity index (χ4v) is 2.96. The summed E-state index contributed by atoms with van der Waals surface area (Å²) in [5, 5.41) is 4.77. The van der Waals surface area contributed by atoms with Gasteiger partial charge in [0.05, 0.1) is 6.54 Å². The average Bonchev–Trinajstić information content (AvgIpc) is 2.62. The number of rotatable bonds is 5. The molecule has 1 fully saturated rings. The topological polar surface area (TPSA) is 67.1 Å². The van der Waals surface area contributed by atoms with Crippen LogP contribution in [0.1, 0.15) is 12.5 Å². The lowest BCUT2D eigenvalue weighted by molar-refractivity contribution is -1.02. The fourth-order valence-electron chi connectivity index (χ4n) is 2.96. The number of carbonyl (C=O) groups is 2. The number of piperazine rings is 1. The van der Waals surface area contributed by atoms with Crippen LogP contribution in [0.15, 0.2) is 36.4 Å². The summed E-state index contributed by atoms with van der Waals surface area (Å²) in [7, 11) is 1.51. The van der Waals surface area contributed by atoms with Gasteiger partial charge in [-0.25, -0.2) is 4.79 Å². The van der Waals surface area contributed by atoms with Crippen molar-refractivity contribution in [3.63, 3.8) is 0 Å². The Morgan fingerprint density at radius 3 is 2.46 bits per heavy atom. The summed E-state index contributed by atoms with van der Waals surface area (Å²) < 4.78 is 0. The second-order valence-electron chi connectivity index (χ2n) is 6.22. The molecule has 3 amide bonds. The minimum atomic E-state index is -0.443. The number of urea groups is 1. The molecule has 6 heteroatoms. The summed E-state index contributed by atoms with van der Waals surface area (Å²) >= 11 is 0. The highest BCUT2D eigenvalue weighted by atomic mass is 16.2. The quantitative estimate of drug-likeness (QED) is 0.521. The molecule has 1 aromatic carbocycles. The molecule has 1 aromatic rings. The zero-order valence-corrected chi connectivity index (χ0v) is 14.5. The van der Waals surface area contributed by atoms with Gasteiger partial charge in [0.15, 0.2) is 6.04 Å². The van der Waals surface area contributed by atoms with E-state index in [0.29, 0.717) is 0 Å². The van der Waals surface area contributed by atoms with Crippen molar-refractivity contribution in [2.24, 2.45) is 0 Å². The number of amides is 3. The highest BCUT2D eigenvalue weighted by Gasteiger charge is 2.31. The maximum atomic E-state index is 12.0. The van der Waals surface area contributed by atoms with Crippen LogP contribution in [0.4, 0.5) is 4.79 Å². The van der Waals surface area contributed by atoms with Gasteiger partial charge in [-0.15, -0.1) is 0 Å². The van der Waals surface area contributed by atoms with Crippen LogP contribution in [-0.4, -0.2) is 57.8 Å². The summed E-state index contributed by atoms with van der Waals surface area (Å²) in [6, 6.07) is 9.65. The minimum Gasteiger partial charge on any atom is -0.341 e. The van der Waals surface area contributed by atoms with Crippen LogP contribution in [-0.2, 0) is 4.79 Å². The summed E-state index contributed by atoms with van der Waals surface area (Å²) in [5.41, 5.74) is 1.22. The molecule has 0 unspecified atom stereocenters. The number of hydrogen-bond acceptors (Lipinski definition) is 2. The maximum absolute atomic E-state index is 12.0. The molecule has 0 spiro atoms. The average molecular weight is 332 g/mol. The molecule has 1 heterocycles. The van der Waals surface area contributed by atoms with Crippen molar-refractivity contribution < 1.29 is 19.4 Å². The summed E-state index contributed by atoms with van der Waals surface area (Å²) in [4.78, 5) is 26.0. The zero-order chi connectivity index (χ0) is 17.4. The van der Waals surface area contributed by atoms with Crippen molar-refractivity contribution in [2.75, 3.05) is 39.8 Å². The summed E-state index contributed by atoms with van der Waals surface area (Å²) in [5.74, 6) is -0.211. The third-order valence-corrected chi connectivity index (χ3v) is 4.59. The van der Waals surface area contributed by atoms with Gasteiger partial charge in [-0.1, -0.05) is 36.4 Å². The first-order valence-electron chi connectivity index (χ1n) is 8.52. The Balaban J connectivity index is 1.73. The number of carbonyl (C=O) groups excluding carboxylic acids is 2. The number of nitrogens with one attached hydrogen (secondary N) is 4. The van der Waals surface area contributed by atoms with E-state index < -0.39 is 6.03 Å². The molecule has 24 heavy (non-hydrogen) atoms. The second kappa shape index (κ2) is 9.20. The first-order valence-corrected chi connectivity index (χ1v) is 8.52. The molecule has 1 aliphatic heterocycles. The molecular formula is C18H28N4O2+2. The highest BCUT2D eigenvalue weighted by molar-refractivity contribution is 5.96. The molecule has 6 nitrogen and oxygen atoms in total. The molecule has 0 saturated carbocycles. The van der Waals surface area contributed by atoms with Crippen molar-refractivity contribution in [3.05, 3.63) is 42.0 Å². The fraction of sp³-hybridized carbons (Fsp3) is 0.444. The molecule has 1 saturated heterocycles. The standard InChI is InChI=1S/C18H26N4O2/c1-15(17(23)20-18(24)19-2)22-13-11-21(12-14-22)10-6-9-16-7-4-3-5-8-16/h3-9,15H,10-14H2,1-2H3,(H2,19,20,23,24)/p+2/b9-6+/t15-/m0/s1. The molecule has 0 aliphatic carbocycles. The second-order valence-corrected chi connectivity index (χ2v) is 6.22. The zero-order valence-electron chi connectivity index (χ0n) is 14.5. The largest absolute Gasteiger partial charge is 0.341 e. The van der Waals surface area contributed by atoms with Gasteiger partial charge in [0.25, 0.3) is 5.91 Å². The molecule has 2 rings (SSSR count). The van der Waals surface area contributed by atoms with Crippen LogP contribution in [0.25, 0.3) is 6.08 Å². The Hall–Kier alpha value is -2.18. The molecule has 0 radical (unpaired) electrons. The maximum Gasteiger partial charge on any atom is 0.321 e. The monoisotopic (exact) mass is 332 g/mol. The third-order valence-electron chi connectivity index (χ3n) is 4.59. The van der Waals surface area contributed by atoms with Crippen LogP contribution in [0.2, 0.25) is 0 Å². The predicted molar refractivity (Wildman–Crippen MR) is 93.8 cm³/mol. The first-order chi connectivity index (χ1) is 11.6. The summed E-state index contributed by atoms with van der Waals surface area (Å²) in [6.07, 6.45) is 4.38. The van der Waals surface area contributed by atoms with Gasteiger partial charge in [0.2, 0.25) is 0 Å². The van der Waals surface area contributed by atoms with Crippen LogP contribution in [0.5, 0.6) is 0 Å². The van der Waals surface area contributed by atoms with Crippen molar-refractivity contribution in [1.82, 2.24) is 10.6 Å². The Morgan fingerprint density at radius 2 is 1.83 bits per heavy atom. The Kier molecular flexibility index (Phi) is 6.96. The van der Waals surface area contributed by atoms with Gasteiger partial charge in [-0.05, 0) is 18.6 Å². The van der Waals surface area contributed by atoms with E-state index in [1.807, 2.05) is 25.1 Å². The molecular weight excluding hydrogens is 304 g/mol. The molecule has 0 bridgehead atoms.